The number of hydrogen-bond donors (Lipinski definition) is 1. The van der Waals surface area contributed by atoms with Gasteiger partial charge in [0.25, 0.3) is 0 Å². The molecular weight excluding hydrogens is 154 g/mol. The van der Waals surface area contributed by atoms with E-state index in [2.05, 4.69) is 19.2 Å². The molecule has 3 nitrogen and oxygen atoms in total. The predicted octanol–water partition coefficient (Wildman–Crippen LogP) is 2.31. The average Bonchev–Trinajstić information content (AvgIpc) is 2.05. The maximum atomic E-state index is 11.0. The molecule has 3 heteroatoms. The third kappa shape index (κ3) is 3.60. The van der Waals surface area contributed by atoms with Crippen molar-refractivity contribution in [3.05, 3.63) is 0 Å². The van der Waals surface area contributed by atoms with E-state index in [-0.39, 0.29) is 11.6 Å². The Morgan fingerprint density at radius 1 is 1.33 bits per heavy atom. The van der Waals surface area contributed by atoms with E-state index in [0.717, 1.165) is 12.8 Å². The van der Waals surface area contributed by atoms with Crippen LogP contribution in [0.1, 0.15) is 40.5 Å². The van der Waals surface area contributed by atoms with Crippen molar-refractivity contribution < 1.29 is 9.53 Å². The predicted molar refractivity (Wildman–Crippen MR) is 49.1 cm³/mol. The van der Waals surface area contributed by atoms with Crippen LogP contribution in [0.25, 0.3) is 0 Å². The number of hydrogen-bond acceptors (Lipinski definition) is 2. The standard InChI is InChI=1S/C9H19NO2/c1-5-9(4,6-2)10-8(11)12-7-3/h5-7H2,1-4H3,(H,10,11). The molecule has 0 radical (unpaired) electrons. The van der Waals surface area contributed by atoms with E-state index in [1.807, 2.05) is 6.92 Å². The molecule has 0 rings (SSSR count). The van der Waals surface area contributed by atoms with Gasteiger partial charge >= 0.3 is 6.09 Å². The van der Waals surface area contributed by atoms with E-state index in [1.54, 1.807) is 6.92 Å². The molecule has 0 aliphatic carbocycles. The molecule has 0 aliphatic heterocycles. The quantitative estimate of drug-likeness (QED) is 0.708. The van der Waals surface area contributed by atoms with Crippen molar-refractivity contribution in [2.45, 2.75) is 46.1 Å². The summed E-state index contributed by atoms with van der Waals surface area (Å²) in [6.07, 6.45) is 1.52. The molecule has 0 bridgehead atoms. The van der Waals surface area contributed by atoms with Gasteiger partial charge in [-0.3, -0.25) is 0 Å². The molecule has 0 spiro atoms. The highest BCUT2D eigenvalue weighted by molar-refractivity contribution is 5.68. The average molecular weight is 173 g/mol. The minimum Gasteiger partial charge on any atom is -0.450 e. The lowest BCUT2D eigenvalue weighted by Gasteiger charge is -2.27. The number of carbonyl (C=O) groups is 1. The summed E-state index contributed by atoms with van der Waals surface area (Å²) in [6.45, 7) is 8.35. The Bertz CT molecular complexity index is 141. The first kappa shape index (κ1) is 11.3. The second kappa shape index (κ2) is 5.01. The van der Waals surface area contributed by atoms with Crippen LogP contribution in [0.15, 0.2) is 0 Å². The van der Waals surface area contributed by atoms with Crippen LogP contribution in [0.4, 0.5) is 4.79 Å². The van der Waals surface area contributed by atoms with Crippen LogP contribution in [0, 0.1) is 0 Å². The van der Waals surface area contributed by atoms with Gasteiger partial charge in [0, 0.05) is 5.54 Å². The first-order chi connectivity index (χ1) is 5.58. The smallest absolute Gasteiger partial charge is 0.407 e. The van der Waals surface area contributed by atoms with E-state index in [1.165, 1.54) is 0 Å². The highest BCUT2D eigenvalue weighted by Gasteiger charge is 2.21. The van der Waals surface area contributed by atoms with Gasteiger partial charge < -0.3 is 10.1 Å². The zero-order valence-corrected chi connectivity index (χ0v) is 8.44. The van der Waals surface area contributed by atoms with Crippen LogP contribution >= 0.6 is 0 Å². The number of alkyl carbamates (subject to hydrolysis) is 1. The van der Waals surface area contributed by atoms with E-state index >= 15 is 0 Å². The van der Waals surface area contributed by atoms with Gasteiger partial charge in [-0.05, 0) is 26.7 Å². The van der Waals surface area contributed by atoms with Crippen molar-refractivity contribution >= 4 is 6.09 Å². The monoisotopic (exact) mass is 173 g/mol. The molecule has 0 saturated heterocycles. The second-order valence-corrected chi connectivity index (χ2v) is 3.11. The number of amides is 1. The van der Waals surface area contributed by atoms with Crippen LogP contribution in [-0.4, -0.2) is 18.2 Å². The molecule has 12 heavy (non-hydrogen) atoms. The Morgan fingerprint density at radius 3 is 2.17 bits per heavy atom. The molecular formula is C9H19NO2. The molecule has 0 saturated carbocycles. The van der Waals surface area contributed by atoms with Crippen molar-refractivity contribution in [2.75, 3.05) is 6.61 Å². The van der Waals surface area contributed by atoms with Gasteiger partial charge in [-0.2, -0.15) is 0 Å². The summed E-state index contributed by atoms with van der Waals surface area (Å²) in [5.74, 6) is 0. The SMILES string of the molecule is CCOC(=O)NC(C)(CC)CC. The topological polar surface area (TPSA) is 38.3 Å². The molecule has 72 valence electrons. The summed E-state index contributed by atoms with van der Waals surface area (Å²) in [6, 6.07) is 0. The van der Waals surface area contributed by atoms with E-state index in [9.17, 15) is 4.79 Å². The molecule has 0 heterocycles. The van der Waals surface area contributed by atoms with Crippen molar-refractivity contribution in [1.29, 1.82) is 0 Å². The molecule has 0 aromatic carbocycles. The van der Waals surface area contributed by atoms with Crippen LogP contribution < -0.4 is 5.32 Å². The zero-order valence-electron chi connectivity index (χ0n) is 8.44. The van der Waals surface area contributed by atoms with E-state index in [4.69, 9.17) is 4.74 Å². The minimum absolute atomic E-state index is 0.119. The molecule has 0 aliphatic rings. The maximum absolute atomic E-state index is 11.0. The lowest BCUT2D eigenvalue weighted by atomic mass is 9.96. The van der Waals surface area contributed by atoms with Crippen LogP contribution in [-0.2, 0) is 4.74 Å². The van der Waals surface area contributed by atoms with Crippen LogP contribution in [0.2, 0.25) is 0 Å². The highest BCUT2D eigenvalue weighted by Crippen LogP contribution is 2.13. The third-order valence-electron chi connectivity index (χ3n) is 2.24. The van der Waals surface area contributed by atoms with Gasteiger partial charge in [0.05, 0.1) is 6.61 Å². The molecule has 1 amide bonds. The van der Waals surface area contributed by atoms with Crippen LogP contribution in [0.3, 0.4) is 0 Å². The Balaban J connectivity index is 3.93. The first-order valence-electron chi connectivity index (χ1n) is 4.53. The van der Waals surface area contributed by atoms with Gasteiger partial charge in [0.1, 0.15) is 0 Å². The normalized spacial score (nSPS) is 11.0. The third-order valence-corrected chi connectivity index (χ3v) is 2.24. The Morgan fingerprint density at radius 2 is 1.83 bits per heavy atom. The number of rotatable bonds is 4. The van der Waals surface area contributed by atoms with Gasteiger partial charge in [-0.15, -0.1) is 0 Å². The summed E-state index contributed by atoms with van der Waals surface area (Å²) in [4.78, 5) is 11.0. The van der Waals surface area contributed by atoms with E-state index < -0.39 is 0 Å². The van der Waals surface area contributed by atoms with Gasteiger partial charge in [-0.25, -0.2) is 4.79 Å². The van der Waals surface area contributed by atoms with Gasteiger partial charge in [-0.1, -0.05) is 13.8 Å². The summed E-state index contributed by atoms with van der Waals surface area (Å²) in [7, 11) is 0. The largest absolute Gasteiger partial charge is 0.450 e. The van der Waals surface area contributed by atoms with Crippen molar-refractivity contribution in [3.8, 4) is 0 Å². The molecule has 0 unspecified atom stereocenters. The van der Waals surface area contributed by atoms with Crippen LogP contribution in [0.5, 0.6) is 0 Å². The summed E-state index contributed by atoms with van der Waals surface area (Å²) in [5, 5.41) is 2.83. The zero-order chi connectivity index (χ0) is 9.61. The van der Waals surface area contributed by atoms with Gasteiger partial charge in [0.2, 0.25) is 0 Å². The number of carbonyl (C=O) groups excluding carboxylic acids is 1. The van der Waals surface area contributed by atoms with Crippen molar-refractivity contribution in [2.24, 2.45) is 0 Å². The lowest BCUT2D eigenvalue weighted by Crippen LogP contribution is -2.45. The maximum Gasteiger partial charge on any atom is 0.407 e. The van der Waals surface area contributed by atoms with Crippen molar-refractivity contribution in [3.63, 3.8) is 0 Å². The fourth-order valence-corrected chi connectivity index (χ4v) is 0.840. The van der Waals surface area contributed by atoms with E-state index in [0.29, 0.717) is 6.61 Å². The Kier molecular flexibility index (Phi) is 4.71. The molecule has 0 atom stereocenters. The summed E-state index contributed by atoms with van der Waals surface area (Å²) in [5.41, 5.74) is -0.119. The second-order valence-electron chi connectivity index (χ2n) is 3.11. The number of ether oxygens (including phenoxy) is 1. The Hall–Kier alpha value is -0.730. The summed E-state index contributed by atoms with van der Waals surface area (Å²) >= 11 is 0. The summed E-state index contributed by atoms with van der Waals surface area (Å²) < 4.78 is 4.79. The Labute approximate surface area is 74.5 Å². The van der Waals surface area contributed by atoms with Gasteiger partial charge in [0.15, 0.2) is 0 Å². The highest BCUT2D eigenvalue weighted by atomic mass is 16.5. The molecule has 1 N–H and O–H groups in total. The minimum atomic E-state index is -0.316. The molecule has 0 aromatic rings. The first-order valence-corrected chi connectivity index (χ1v) is 4.53. The molecule has 0 fully saturated rings. The number of nitrogens with one attached hydrogen (secondary N) is 1. The fourth-order valence-electron chi connectivity index (χ4n) is 0.840. The van der Waals surface area contributed by atoms with Crippen molar-refractivity contribution in [1.82, 2.24) is 5.32 Å². The fraction of sp³-hybridized carbons (Fsp3) is 0.889. The lowest BCUT2D eigenvalue weighted by molar-refractivity contribution is 0.138. The molecule has 0 aromatic heterocycles.